The van der Waals surface area contributed by atoms with Crippen LogP contribution < -0.4 is 15.8 Å². The Hall–Kier alpha value is -2.50. The van der Waals surface area contributed by atoms with Gasteiger partial charge in [0, 0.05) is 17.8 Å². The van der Waals surface area contributed by atoms with E-state index in [4.69, 9.17) is 10.5 Å². The first kappa shape index (κ1) is 12.9. The molecule has 6 nitrogen and oxygen atoms in total. The number of aromatic nitrogens is 2. The van der Waals surface area contributed by atoms with Crippen molar-refractivity contribution in [1.29, 1.82) is 0 Å². The van der Waals surface area contributed by atoms with E-state index in [1.54, 1.807) is 24.4 Å². The summed E-state index contributed by atoms with van der Waals surface area (Å²) in [6.45, 7) is 2.30. The third-order valence-electron chi connectivity index (χ3n) is 2.90. The van der Waals surface area contributed by atoms with Crippen molar-refractivity contribution in [1.82, 2.24) is 15.5 Å². The summed E-state index contributed by atoms with van der Waals surface area (Å²) in [6, 6.07) is 5.11. The van der Waals surface area contributed by atoms with Gasteiger partial charge in [-0.15, -0.1) is 0 Å². The van der Waals surface area contributed by atoms with Crippen LogP contribution in [-0.2, 0) is 6.54 Å². The monoisotopic (exact) mass is 260 g/mol. The predicted molar refractivity (Wildman–Crippen MR) is 71.9 cm³/mol. The highest BCUT2D eigenvalue weighted by Crippen LogP contribution is 2.24. The summed E-state index contributed by atoms with van der Waals surface area (Å²) in [7, 11) is 1.52. The molecule has 0 radical (unpaired) electrons. The molecule has 6 heteroatoms. The Bertz CT molecular complexity index is 592. The van der Waals surface area contributed by atoms with Crippen molar-refractivity contribution in [3.63, 3.8) is 0 Å². The van der Waals surface area contributed by atoms with Gasteiger partial charge in [-0.25, -0.2) is 0 Å². The third-order valence-corrected chi connectivity index (χ3v) is 2.90. The molecule has 0 aliphatic heterocycles. The van der Waals surface area contributed by atoms with E-state index in [-0.39, 0.29) is 5.91 Å². The lowest BCUT2D eigenvalue weighted by atomic mass is 10.1. The lowest BCUT2D eigenvalue weighted by molar-refractivity contribution is 0.0951. The first-order valence-electron chi connectivity index (χ1n) is 5.83. The van der Waals surface area contributed by atoms with Gasteiger partial charge < -0.3 is 15.8 Å². The van der Waals surface area contributed by atoms with Crippen molar-refractivity contribution >= 4 is 11.6 Å². The van der Waals surface area contributed by atoms with Gasteiger partial charge in [0.25, 0.3) is 5.91 Å². The van der Waals surface area contributed by atoms with Crippen molar-refractivity contribution in [2.75, 3.05) is 12.8 Å². The zero-order valence-corrected chi connectivity index (χ0v) is 10.9. The molecule has 1 aromatic heterocycles. The van der Waals surface area contributed by atoms with E-state index >= 15 is 0 Å². The van der Waals surface area contributed by atoms with E-state index in [0.29, 0.717) is 23.5 Å². The Morgan fingerprint density at radius 3 is 2.95 bits per heavy atom. The Morgan fingerprint density at radius 2 is 2.32 bits per heavy atom. The zero-order valence-electron chi connectivity index (χ0n) is 10.9. The van der Waals surface area contributed by atoms with Gasteiger partial charge >= 0.3 is 0 Å². The first-order valence-corrected chi connectivity index (χ1v) is 5.83. The van der Waals surface area contributed by atoms with Crippen molar-refractivity contribution in [2.45, 2.75) is 13.5 Å². The molecule has 2 rings (SSSR count). The molecular formula is C13H16N4O2. The summed E-state index contributed by atoms with van der Waals surface area (Å²) in [6.07, 6.45) is 1.69. The Morgan fingerprint density at radius 1 is 1.53 bits per heavy atom. The van der Waals surface area contributed by atoms with Crippen molar-refractivity contribution in [3.8, 4) is 5.75 Å². The highest BCUT2D eigenvalue weighted by molar-refractivity contribution is 6.00. The van der Waals surface area contributed by atoms with Gasteiger partial charge in [0.2, 0.25) is 0 Å². The lowest BCUT2D eigenvalue weighted by Gasteiger charge is -2.10. The number of nitrogens with zero attached hydrogens (tertiary/aromatic N) is 1. The number of nitrogen functional groups attached to an aromatic ring is 1. The minimum atomic E-state index is -0.239. The minimum absolute atomic E-state index is 0.239. The van der Waals surface area contributed by atoms with Gasteiger partial charge in [-0.1, -0.05) is 6.07 Å². The fraction of sp³-hybridized carbons (Fsp3) is 0.231. The predicted octanol–water partition coefficient (Wildman–Crippen LogP) is 1.24. The molecule has 0 unspecified atom stereocenters. The number of aryl methyl sites for hydroxylation is 1. The molecule has 0 aliphatic carbocycles. The number of ether oxygens (including phenoxy) is 1. The van der Waals surface area contributed by atoms with E-state index in [0.717, 1.165) is 11.3 Å². The SMILES string of the molecule is COc1cccc(C(=O)NCc2cn[nH]c2C)c1N. The molecule has 19 heavy (non-hydrogen) atoms. The molecular weight excluding hydrogens is 244 g/mol. The number of rotatable bonds is 4. The maximum Gasteiger partial charge on any atom is 0.253 e. The Balaban J connectivity index is 2.10. The van der Waals surface area contributed by atoms with Crippen LogP contribution in [0.2, 0.25) is 0 Å². The Labute approximate surface area is 111 Å². The third kappa shape index (κ3) is 2.67. The normalized spacial score (nSPS) is 10.2. The number of H-pyrrole nitrogens is 1. The number of hydrogen-bond acceptors (Lipinski definition) is 4. The molecule has 2 aromatic rings. The van der Waals surface area contributed by atoms with E-state index in [1.165, 1.54) is 7.11 Å². The average molecular weight is 260 g/mol. The van der Waals surface area contributed by atoms with Crippen molar-refractivity contribution in [2.24, 2.45) is 0 Å². The summed E-state index contributed by atoms with van der Waals surface area (Å²) in [5.74, 6) is 0.254. The number of methoxy groups -OCH3 is 1. The second-order valence-electron chi connectivity index (χ2n) is 4.12. The first-order chi connectivity index (χ1) is 9.13. The van der Waals surface area contributed by atoms with Gasteiger partial charge in [0.15, 0.2) is 0 Å². The van der Waals surface area contributed by atoms with Crippen molar-refractivity contribution < 1.29 is 9.53 Å². The summed E-state index contributed by atoms with van der Waals surface area (Å²) >= 11 is 0. The standard InChI is InChI=1S/C13H16N4O2/c1-8-9(7-16-17-8)6-15-13(18)10-4-3-5-11(19-2)12(10)14/h3-5,7H,6,14H2,1-2H3,(H,15,18)(H,16,17). The maximum atomic E-state index is 12.1. The molecule has 0 fully saturated rings. The van der Waals surface area contributed by atoms with Crippen LogP contribution in [0.5, 0.6) is 5.75 Å². The number of amides is 1. The molecule has 1 amide bonds. The molecule has 0 spiro atoms. The second-order valence-corrected chi connectivity index (χ2v) is 4.12. The van der Waals surface area contributed by atoms with Gasteiger partial charge in [-0.05, 0) is 19.1 Å². The number of nitrogens with one attached hydrogen (secondary N) is 2. The number of carbonyl (C=O) groups excluding carboxylic acids is 1. The lowest BCUT2D eigenvalue weighted by Crippen LogP contribution is -2.24. The highest BCUT2D eigenvalue weighted by atomic mass is 16.5. The van der Waals surface area contributed by atoms with E-state index < -0.39 is 0 Å². The van der Waals surface area contributed by atoms with E-state index in [1.807, 2.05) is 6.92 Å². The molecule has 1 aromatic carbocycles. The number of benzene rings is 1. The molecule has 1 heterocycles. The van der Waals surface area contributed by atoms with Crippen LogP contribution >= 0.6 is 0 Å². The molecule has 0 bridgehead atoms. The van der Waals surface area contributed by atoms with Crippen LogP contribution in [-0.4, -0.2) is 23.2 Å². The van der Waals surface area contributed by atoms with Crippen LogP contribution in [0.4, 0.5) is 5.69 Å². The fourth-order valence-electron chi connectivity index (χ4n) is 1.74. The van der Waals surface area contributed by atoms with Gasteiger partial charge in [-0.2, -0.15) is 5.10 Å². The summed E-state index contributed by atoms with van der Waals surface area (Å²) in [5.41, 5.74) is 8.48. The summed E-state index contributed by atoms with van der Waals surface area (Å²) in [4.78, 5) is 12.1. The number of nitrogens with two attached hydrogens (primary N) is 1. The van der Waals surface area contributed by atoms with Crippen LogP contribution in [0.1, 0.15) is 21.6 Å². The number of anilines is 1. The topological polar surface area (TPSA) is 93.0 Å². The Kier molecular flexibility index (Phi) is 3.70. The quantitative estimate of drug-likeness (QED) is 0.721. The fourth-order valence-corrected chi connectivity index (χ4v) is 1.74. The second kappa shape index (κ2) is 5.43. The molecule has 0 aliphatic rings. The minimum Gasteiger partial charge on any atom is -0.495 e. The summed E-state index contributed by atoms with van der Waals surface area (Å²) in [5, 5.41) is 9.51. The number of para-hydroxylation sites is 1. The van der Waals surface area contributed by atoms with E-state index in [9.17, 15) is 4.79 Å². The smallest absolute Gasteiger partial charge is 0.253 e. The van der Waals surface area contributed by atoms with E-state index in [2.05, 4.69) is 15.5 Å². The number of hydrogen-bond donors (Lipinski definition) is 3. The maximum absolute atomic E-state index is 12.1. The molecule has 0 atom stereocenters. The van der Waals surface area contributed by atoms with Crippen LogP contribution in [0.25, 0.3) is 0 Å². The average Bonchev–Trinajstić information content (AvgIpc) is 2.82. The van der Waals surface area contributed by atoms with Crippen LogP contribution in [0.15, 0.2) is 24.4 Å². The molecule has 0 saturated heterocycles. The highest BCUT2D eigenvalue weighted by Gasteiger charge is 2.13. The van der Waals surface area contributed by atoms with Gasteiger partial charge in [0.1, 0.15) is 5.75 Å². The summed E-state index contributed by atoms with van der Waals surface area (Å²) < 4.78 is 5.09. The van der Waals surface area contributed by atoms with Gasteiger partial charge in [-0.3, -0.25) is 9.89 Å². The zero-order chi connectivity index (χ0) is 13.8. The van der Waals surface area contributed by atoms with Crippen LogP contribution in [0, 0.1) is 6.92 Å². The molecule has 100 valence electrons. The largest absolute Gasteiger partial charge is 0.495 e. The van der Waals surface area contributed by atoms with Crippen LogP contribution in [0.3, 0.4) is 0 Å². The van der Waals surface area contributed by atoms with Gasteiger partial charge in [0.05, 0.1) is 24.6 Å². The number of aromatic amines is 1. The number of carbonyl (C=O) groups is 1. The van der Waals surface area contributed by atoms with Crippen molar-refractivity contribution in [3.05, 3.63) is 41.2 Å². The molecule has 4 N–H and O–H groups in total. The molecule has 0 saturated carbocycles.